The maximum absolute atomic E-state index is 12.3. The van der Waals surface area contributed by atoms with Gasteiger partial charge in [0.2, 0.25) is 5.91 Å². The molecule has 0 bridgehead atoms. The number of amides is 4. The molecule has 0 saturated heterocycles. The summed E-state index contributed by atoms with van der Waals surface area (Å²) in [5, 5.41) is 5.18. The highest BCUT2D eigenvalue weighted by Crippen LogP contribution is 2.22. The molecule has 1 aliphatic heterocycles. The normalized spacial score (nSPS) is 13.5. The lowest BCUT2D eigenvalue weighted by Gasteiger charge is -2.17. The molecule has 0 spiro atoms. The third-order valence-corrected chi connectivity index (χ3v) is 4.32. The van der Waals surface area contributed by atoms with Crippen molar-refractivity contribution >= 4 is 41.0 Å². The van der Waals surface area contributed by atoms with Gasteiger partial charge in [-0.15, -0.1) is 0 Å². The summed E-state index contributed by atoms with van der Waals surface area (Å²) in [5.74, 6) is -2.84. The minimum absolute atomic E-state index is 0.217. The van der Waals surface area contributed by atoms with Crippen LogP contribution in [0.15, 0.2) is 48.5 Å². The van der Waals surface area contributed by atoms with Crippen molar-refractivity contribution in [3.63, 3.8) is 0 Å². The predicted molar refractivity (Wildman–Crippen MR) is 107 cm³/mol. The first kappa shape index (κ1) is 20.7. The van der Waals surface area contributed by atoms with Gasteiger partial charge in [-0.25, -0.2) is 0 Å². The molecule has 0 aromatic heterocycles. The molecule has 2 aromatic rings. The summed E-state index contributed by atoms with van der Waals surface area (Å²) < 4.78 is 5.06. The zero-order valence-corrected chi connectivity index (χ0v) is 16.3. The van der Waals surface area contributed by atoms with Crippen molar-refractivity contribution in [2.75, 3.05) is 17.2 Å². The number of fused-ring (bicyclic) bond motifs is 1. The lowest BCUT2D eigenvalue weighted by Crippen LogP contribution is -2.38. The number of nitrogens with zero attached hydrogens (tertiary/aromatic N) is 1. The summed E-state index contributed by atoms with van der Waals surface area (Å²) in [5.41, 5.74) is 1.46. The molecule has 9 heteroatoms. The molecule has 9 nitrogen and oxygen atoms in total. The van der Waals surface area contributed by atoms with Crippen LogP contribution in [-0.2, 0) is 19.1 Å². The van der Waals surface area contributed by atoms with Crippen LogP contribution < -0.4 is 10.6 Å². The van der Waals surface area contributed by atoms with Gasteiger partial charge in [-0.2, -0.15) is 0 Å². The number of imide groups is 1. The summed E-state index contributed by atoms with van der Waals surface area (Å²) in [7, 11) is 0. The van der Waals surface area contributed by atoms with Crippen LogP contribution in [0.25, 0.3) is 0 Å². The van der Waals surface area contributed by atoms with Gasteiger partial charge in [0.1, 0.15) is 6.54 Å². The third kappa shape index (κ3) is 4.52. The molecule has 2 aromatic carbocycles. The Kier molecular flexibility index (Phi) is 5.91. The highest BCUT2D eigenvalue weighted by atomic mass is 16.5. The standard InChI is InChI=1S/C21H19N3O6/c1-12(19(27)23-15-9-7-14(8-10-15)22-13(2)25)30-18(26)11-24-20(28)16-5-3-4-6-17(16)21(24)29/h3-10,12H,11H2,1-2H3,(H,22,25)(H,23,27)/t12-/m1/s1. The van der Waals surface area contributed by atoms with E-state index in [9.17, 15) is 24.0 Å². The maximum atomic E-state index is 12.3. The fourth-order valence-corrected chi connectivity index (χ4v) is 2.88. The van der Waals surface area contributed by atoms with Crippen LogP contribution >= 0.6 is 0 Å². The molecule has 2 N–H and O–H groups in total. The van der Waals surface area contributed by atoms with Crippen molar-refractivity contribution in [1.82, 2.24) is 4.90 Å². The number of hydrogen-bond donors (Lipinski definition) is 2. The zero-order valence-electron chi connectivity index (χ0n) is 16.3. The Hall–Kier alpha value is -4.01. The number of carbonyl (C=O) groups is 5. The third-order valence-electron chi connectivity index (χ3n) is 4.32. The number of esters is 1. The summed E-state index contributed by atoms with van der Waals surface area (Å²) >= 11 is 0. The minimum atomic E-state index is -1.15. The summed E-state index contributed by atoms with van der Waals surface area (Å²) in [4.78, 5) is 60.8. The number of anilines is 2. The minimum Gasteiger partial charge on any atom is -0.451 e. The molecule has 1 atom stereocenters. The molecule has 3 rings (SSSR count). The van der Waals surface area contributed by atoms with Crippen molar-refractivity contribution in [1.29, 1.82) is 0 Å². The van der Waals surface area contributed by atoms with Gasteiger partial charge in [-0.3, -0.25) is 28.9 Å². The topological polar surface area (TPSA) is 122 Å². The van der Waals surface area contributed by atoms with Gasteiger partial charge in [0.05, 0.1) is 11.1 Å². The van der Waals surface area contributed by atoms with E-state index in [0.717, 1.165) is 4.90 Å². The molecule has 0 radical (unpaired) electrons. The van der Waals surface area contributed by atoms with Gasteiger partial charge in [0, 0.05) is 18.3 Å². The van der Waals surface area contributed by atoms with Crippen LogP contribution in [0.3, 0.4) is 0 Å². The number of hydrogen-bond acceptors (Lipinski definition) is 6. The molecule has 1 aliphatic rings. The van der Waals surface area contributed by atoms with Crippen LogP contribution in [0.1, 0.15) is 34.6 Å². The lowest BCUT2D eigenvalue weighted by molar-refractivity contribution is -0.153. The highest BCUT2D eigenvalue weighted by molar-refractivity contribution is 6.22. The number of carbonyl (C=O) groups excluding carboxylic acids is 5. The second kappa shape index (κ2) is 8.56. The zero-order chi connectivity index (χ0) is 21.8. The number of benzene rings is 2. The van der Waals surface area contributed by atoms with Crippen molar-refractivity contribution in [3.8, 4) is 0 Å². The van der Waals surface area contributed by atoms with Gasteiger partial charge in [-0.1, -0.05) is 12.1 Å². The predicted octanol–water partition coefficient (Wildman–Crippen LogP) is 1.81. The molecule has 0 unspecified atom stereocenters. The van der Waals surface area contributed by atoms with Crippen LogP contribution in [0.4, 0.5) is 11.4 Å². The van der Waals surface area contributed by atoms with Crippen molar-refractivity contribution in [2.45, 2.75) is 20.0 Å². The molecular formula is C21H19N3O6. The van der Waals surface area contributed by atoms with Gasteiger partial charge < -0.3 is 15.4 Å². The number of nitrogens with one attached hydrogen (secondary N) is 2. The average molecular weight is 409 g/mol. The van der Waals surface area contributed by atoms with Crippen LogP contribution in [0.5, 0.6) is 0 Å². The first-order valence-electron chi connectivity index (χ1n) is 9.09. The van der Waals surface area contributed by atoms with E-state index < -0.39 is 36.3 Å². The quantitative estimate of drug-likeness (QED) is 0.554. The van der Waals surface area contributed by atoms with Gasteiger partial charge in [0.25, 0.3) is 17.7 Å². The first-order valence-corrected chi connectivity index (χ1v) is 9.09. The van der Waals surface area contributed by atoms with E-state index in [0.29, 0.717) is 11.4 Å². The summed E-state index contributed by atoms with van der Waals surface area (Å²) in [6.07, 6.45) is -1.15. The van der Waals surface area contributed by atoms with Crippen molar-refractivity contribution in [2.24, 2.45) is 0 Å². The molecule has 0 aliphatic carbocycles. The van der Waals surface area contributed by atoms with Crippen LogP contribution in [-0.4, -0.2) is 47.1 Å². The van der Waals surface area contributed by atoms with Crippen LogP contribution in [0, 0.1) is 0 Å². The van der Waals surface area contributed by atoms with E-state index in [1.165, 1.54) is 26.0 Å². The van der Waals surface area contributed by atoms with E-state index in [1.54, 1.807) is 36.4 Å². The van der Waals surface area contributed by atoms with Crippen LogP contribution in [0.2, 0.25) is 0 Å². The van der Waals surface area contributed by atoms with Gasteiger partial charge in [0.15, 0.2) is 6.10 Å². The average Bonchev–Trinajstić information content (AvgIpc) is 2.94. The van der Waals surface area contributed by atoms with Gasteiger partial charge >= 0.3 is 5.97 Å². The van der Waals surface area contributed by atoms with Gasteiger partial charge in [-0.05, 0) is 43.3 Å². The monoisotopic (exact) mass is 409 g/mol. The van der Waals surface area contributed by atoms with Crippen molar-refractivity contribution in [3.05, 3.63) is 59.7 Å². The maximum Gasteiger partial charge on any atom is 0.326 e. The molecule has 30 heavy (non-hydrogen) atoms. The second-order valence-electron chi connectivity index (χ2n) is 6.62. The fourth-order valence-electron chi connectivity index (χ4n) is 2.88. The van der Waals surface area contributed by atoms with E-state index in [2.05, 4.69) is 10.6 Å². The Morgan fingerprint density at radius 2 is 1.40 bits per heavy atom. The Morgan fingerprint density at radius 1 is 0.900 bits per heavy atom. The molecule has 1 heterocycles. The SMILES string of the molecule is CC(=O)Nc1ccc(NC(=O)[C@@H](C)OC(=O)CN2C(=O)c3ccccc3C2=O)cc1. The Bertz CT molecular complexity index is 996. The number of rotatable bonds is 6. The summed E-state index contributed by atoms with van der Waals surface area (Å²) in [6.45, 7) is 2.17. The lowest BCUT2D eigenvalue weighted by atomic mass is 10.1. The number of ether oxygens (including phenoxy) is 1. The van der Waals surface area contributed by atoms with E-state index in [-0.39, 0.29) is 17.0 Å². The summed E-state index contributed by atoms with van der Waals surface area (Å²) in [6, 6.07) is 12.6. The molecule has 4 amide bonds. The Labute approximate surface area is 172 Å². The van der Waals surface area contributed by atoms with E-state index in [1.807, 2.05) is 0 Å². The Morgan fingerprint density at radius 3 is 1.90 bits per heavy atom. The molecule has 0 saturated carbocycles. The fraction of sp³-hybridized carbons (Fsp3) is 0.190. The largest absolute Gasteiger partial charge is 0.451 e. The molecule has 0 fully saturated rings. The van der Waals surface area contributed by atoms with E-state index in [4.69, 9.17) is 4.74 Å². The van der Waals surface area contributed by atoms with Crippen molar-refractivity contribution < 1.29 is 28.7 Å². The highest BCUT2D eigenvalue weighted by Gasteiger charge is 2.37. The molecule has 154 valence electrons. The molecular weight excluding hydrogens is 390 g/mol. The van der Waals surface area contributed by atoms with E-state index >= 15 is 0 Å². The second-order valence-corrected chi connectivity index (χ2v) is 6.62. The Balaban J connectivity index is 1.54. The first-order chi connectivity index (χ1) is 14.3. The smallest absolute Gasteiger partial charge is 0.326 e.